The van der Waals surface area contributed by atoms with Crippen molar-refractivity contribution in [2.24, 2.45) is 0 Å². The van der Waals surface area contributed by atoms with Gasteiger partial charge in [0.15, 0.2) is 0 Å². The van der Waals surface area contributed by atoms with Gasteiger partial charge in [-0.15, -0.1) is 0 Å². The molecule has 0 fully saturated rings. The number of benzene rings is 2. The third-order valence-electron chi connectivity index (χ3n) is 3.68. The van der Waals surface area contributed by atoms with Crippen LogP contribution in [0.25, 0.3) is 6.08 Å². The molecule has 0 aromatic heterocycles. The Bertz CT molecular complexity index is 823. The summed E-state index contributed by atoms with van der Waals surface area (Å²) < 4.78 is 32.5. The molecule has 1 aliphatic rings. The Hall–Kier alpha value is -2.27. The number of fused-ring (bicyclic) bond motifs is 1. The molecule has 0 unspecified atom stereocenters. The number of sulfonamides is 1. The molecule has 22 heavy (non-hydrogen) atoms. The zero-order chi connectivity index (χ0) is 15.7. The Morgan fingerprint density at radius 2 is 1.82 bits per heavy atom. The van der Waals surface area contributed by atoms with Gasteiger partial charge in [-0.1, -0.05) is 29.8 Å². The number of aryl methyl sites for hydroxylation is 1. The Kier molecular flexibility index (Phi) is 3.66. The molecule has 0 bridgehead atoms. The first-order chi connectivity index (χ1) is 10.5. The van der Waals surface area contributed by atoms with Gasteiger partial charge in [0.25, 0.3) is 10.0 Å². The number of methoxy groups -OCH3 is 1. The second-order valence-corrected chi connectivity index (χ2v) is 7.04. The molecule has 0 radical (unpaired) electrons. The lowest BCUT2D eigenvalue weighted by atomic mass is 10.1. The van der Waals surface area contributed by atoms with Gasteiger partial charge in [-0.05, 0) is 36.8 Å². The predicted molar refractivity (Wildman–Crippen MR) is 87.7 cm³/mol. The molecule has 114 valence electrons. The molecular weight excluding hydrogens is 298 g/mol. The van der Waals surface area contributed by atoms with Gasteiger partial charge in [0.1, 0.15) is 5.75 Å². The van der Waals surface area contributed by atoms with Gasteiger partial charge >= 0.3 is 0 Å². The number of ether oxygens (including phenoxy) is 1. The van der Waals surface area contributed by atoms with Crippen molar-refractivity contribution in [1.82, 2.24) is 0 Å². The average Bonchev–Trinajstić information content (AvgIpc) is 2.54. The van der Waals surface area contributed by atoms with Gasteiger partial charge in [-0.3, -0.25) is 4.31 Å². The van der Waals surface area contributed by atoms with Crippen molar-refractivity contribution < 1.29 is 13.2 Å². The molecule has 3 rings (SSSR count). The molecule has 0 N–H and O–H groups in total. The Morgan fingerprint density at radius 1 is 1.09 bits per heavy atom. The van der Waals surface area contributed by atoms with Crippen LogP contribution in [0.2, 0.25) is 0 Å². The third kappa shape index (κ3) is 2.48. The molecule has 2 aromatic rings. The van der Waals surface area contributed by atoms with Crippen LogP contribution in [0.4, 0.5) is 5.69 Å². The summed E-state index contributed by atoms with van der Waals surface area (Å²) in [5.41, 5.74) is 2.53. The fraction of sp³-hybridized carbons (Fsp3) is 0.176. The van der Waals surface area contributed by atoms with E-state index in [1.807, 2.05) is 31.2 Å². The van der Waals surface area contributed by atoms with E-state index in [1.165, 1.54) is 4.31 Å². The first-order valence-electron chi connectivity index (χ1n) is 6.96. The van der Waals surface area contributed by atoms with Crippen LogP contribution in [0.1, 0.15) is 11.1 Å². The van der Waals surface area contributed by atoms with Crippen LogP contribution >= 0.6 is 0 Å². The van der Waals surface area contributed by atoms with E-state index in [4.69, 9.17) is 4.74 Å². The molecule has 1 aliphatic heterocycles. The molecule has 2 aromatic carbocycles. The largest absolute Gasteiger partial charge is 0.497 e. The zero-order valence-corrected chi connectivity index (χ0v) is 13.3. The van der Waals surface area contributed by atoms with Gasteiger partial charge in [-0.25, -0.2) is 8.42 Å². The maximum Gasteiger partial charge on any atom is 0.264 e. The molecule has 0 amide bonds. The molecule has 0 saturated carbocycles. The van der Waals surface area contributed by atoms with Gasteiger partial charge in [0, 0.05) is 6.07 Å². The highest BCUT2D eigenvalue weighted by atomic mass is 32.2. The summed E-state index contributed by atoms with van der Waals surface area (Å²) in [4.78, 5) is 0.294. The van der Waals surface area contributed by atoms with Crippen LogP contribution in [-0.2, 0) is 10.0 Å². The minimum absolute atomic E-state index is 0.294. The second kappa shape index (κ2) is 5.50. The van der Waals surface area contributed by atoms with Gasteiger partial charge in [0.05, 0.1) is 24.2 Å². The topological polar surface area (TPSA) is 46.6 Å². The minimum Gasteiger partial charge on any atom is -0.497 e. The number of anilines is 1. The standard InChI is InChI=1S/C17H17NO3S/c1-13-5-9-16(10-6-13)22(19,20)18-11-3-4-14-7-8-15(21-2)12-17(14)18/h3-10,12H,11H2,1-2H3. The summed E-state index contributed by atoms with van der Waals surface area (Å²) in [6, 6.07) is 12.3. The van der Waals surface area contributed by atoms with Gasteiger partial charge in [-0.2, -0.15) is 0 Å². The Balaban J connectivity index is 2.09. The van der Waals surface area contributed by atoms with E-state index in [2.05, 4.69) is 0 Å². The average molecular weight is 315 g/mol. The molecular formula is C17H17NO3S. The summed E-state index contributed by atoms with van der Waals surface area (Å²) >= 11 is 0. The van der Waals surface area contributed by atoms with Crippen molar-refractivity contribution in [2.45, 2.75) is 11.8 Å². The molecule has 4 nitrogen and oxygen atoms in total. The molecule has 0 aliphatic carbocycles. The predicted octanol–water partition coefficient (Wildman–Crippen LogP) is 3.23. The normalized spacial score (nSPS) is 13.8. The SMILES string of the molecule is COc1ccc2c(c1)N(S(=O)(=O)c1ccc(C)cc1)CC=C2. The van der Waals surface area contributed by atoms with E-state index in [1.54, 1.807) is 37.4 Å². The summed E-state index contributed by atoms with van der Waals surface area (Å²) in [7, 11) is -2.02. The van der Waals surface area contributed by atoms with Crippen molar-refractivity contribution in [2.75, 3.05) is 18.0 Å². The fourth-order valence-electron chi connectivity index (χ4n) is 2.45. The summed E-state index contributed by atoms with van der Waals surface area (Å²) in [5, 5.41) is 0. The van der Waals surface area contributed by atoms with E-state index in [-0.39, 0.29) is 0 Å². The maximum atomic E-state index is 12.9. The van der Waals surface area contributed by atoms with Crippen LogP contribution in [0.3, 0.4) is 0 Å². The fourth-order valence-corrected chi connectivity index (χ4v) is 3.88. The highest BCUT2D eigenvalue weighted by Gasteiger charge is 2.27. The molecule has 0 spiro atoms. The van der Waals surface area contributed by atoms with E-state index in [0.717, 1.165) is 11.1 Å². The van der Waals surface area contributed by atoms with E-state index in [0.29, 0.717) is 22.9 Å². The van der Waals surface area contributed by atoms with Crippen molar-refractivity contribution in [3.05, 3.63) is 59.7 Å². The monoisotopic (exact) mass is 315 g/mol. The van der Waals surface area contributed by atoms with Crippen LogP contribution in [0, 0.1) is 6.92 Å². The first kappa shape index (κ1) is 14.7. The van der Waals surface area contributed by atoms with Crippen molar-refractivity contribution >= 4 is 21.8 Å². The van der Waals surface area contributed by atoms with Crippen molar-refractivity contribution in [1.29, 1.82) is 0 Å². The summed E-state index contributed by atoms with van der Waals surface area (Å²) in [5.74, 6) is 0.637. The van der Waals surface area contributed by atoms with Crippen LogP contribution in [0.5, 0.6) is 5.75 Å². The lowest BCUT2D eigenvalue weighted by Crippen LogP contribution is -2.33. The van der Waals surface area contributed by atoms with E-state index < -0.39 is 10.0 Å². The number of hydrogen-bond acceptors (Lipinski definition) is 3. The molecule has 5 heteroatoms. The quantitative estimate of drug-likeness (QED) is 0.873. The van der Waals surface area contributed by atoms with Crippen LogP contribution in [0.15, 0.2) is 53.4 Å². The first-order valence-corrected chi connectivity index (χ1v) is 8.40. The molecule has 1 heterocycles. The lowest BCUT2D eigenvalue weighted by molar-refractivity contribution is 0.415. The van der Waals surface area contributed by atoms with Crippen LogP contribution < -0.4 is 9.04 Å². The van der Waals surface area contributed by atoms with E-state index in [9.17, 15) is 8.42 Å². The highest BCUT2D eigenvalue weighted by Crippen LogP contribution is 2.33. The minimum atomic E-state index is -3.59. The zero-order valence-electron chi connectivity index (χ0n) is 12.5. The Labute approximate surface area is 130 Å². The molecule has 0 atom stereocenters. The second-order valence-electron chi connectivity index (χ2n) is 5.18. The number of hydrogen-bond donors (Lipinski definition) is 0. The number of nitrogens with zero attached hydrogens (tertiary/aromatic N) is 1. The third-order valence-corrected chi connectivity index (χ3v) is 5.48. The summed E-state index contributed by atoms with van der Waals surface area (Å²) in [6.45, 7) is 2.25. The van der Waals surface area contributed by atoms with Gasteiger partial charge < -0.3 is 4.74 Å². The summed E-state index contributed by atoms with van der Waals surface area (Å²) in [6.07, 6.45) is 3.77. The van der Waals surface area contributed by atoms with Crippen molar-refractivity contribution in [3.63, 3.8) is 0 Å². The smallest absolute Gasteiger partial charge is 0.264 e. The molecule has 0 saturated heterocycles. The van der Waals surface area contributed by atoms with Crippen molar-refractivity contribution in [3.8, 4) is 5.75 Å². The number of rotatable bonds is 3. The maximum absolute atomic E-state index is 12.9. The van der Waals surface area contributed by atoms with Gasteiger partial charge in [0.2, 0.25) is 0 Å². The van der Waals surface area contributed by atoms with Crippen LogP contribution in [-0.4, -0.2) is 22.1 Å². The Morgan fingerprint density at radius 3 is 2.50 bits per heavy atom. The lowest BCUT2D eigenvalue weighted by Gasteiger charge is -2.28. The highest BCUT2D eigenvalue weighted by molar-refractivity contribution is 7.92. The van der Waals surface area contributed by atoms with E-state index >= 15 is 0 Å².